The van der Waals surface area contributed by atoms with Gasteiger partial charge in [-0.25, -0.2) is 14.4 Å². The van der Waals surface area contributed by atoms with E-state index in [0.717, 1.165) is 34.3 Å². The first-order valence-corrected chi connectivity index (χ1v) is 10.5. The highest BCUT2D eigenvalue weighted by Gasteiger charge is 2.31. The van der Waals surface area contributed by atoms with E-state index in [0.29, 0.717) is 22.4 Å². The fourth-order valence-corrected chi connectivity index (χ4v) is 4.84. The van der Waals surface area contributed by atoms with Crippen molar-refractivity contribution in [3.63, 3.8) is 0 Å². The van der Waals surface area contributed by atoms with Crippen LogP contribution in [0, 0.1) is 5.82 Å². The van der Waals surface area contributed by atoms with Crippen molar-refractivity contribution in [3.05, 3.63) is 69.7 Å². The van der Waals surface area contributed by atoms with Crippen LogP contribution in [0.25, 0.3) is 20.4 Å². The standard InChI is InChI=1S/C22H20FN3O2S/c1-3-22(2)9-17-14(11-28-22)8-15-18-19(29-20(15)25-17)21(27)26(12-24-18)10-13-6-4-5-7-16(13)23/h4-8,12H,3,9-11H2,1-2H3/t22-/m0/s1. The first-order chi connectivity index (χ1) is 14.0. The number of halogens is 1. The molecule has 0 fully saturated rings. The van der Waals surface area contributed by atoms with Gasteiger partial charge in [0.05, 0.1) is 36.3 Å². The fraction of sp³-hybridized carbons (Fsp3) is 0.318. The van der Waals surface area contributed by atoms with Crippen molar-refractivity contribution in [2.75, 3.05) is 0 Å². The average Bonchev–Trinajstić information content (AvgIpc) is 3.08. The van der Waals surface area contributed by atoms with Crippen LogP contribution in [-0.4, -0.2) is 20.1 Å². The normalized spacial score (nSPS) is 19.0. The van der Waals surface area contributed by atoms with Crippen molar-refractivity contribution in [3.8, 4) is 0 Å². The van der Waals surface area contributed by atoms with Crippen molar-refractivity contribution in [2.24, 2.45) is 0 Å². The van der Waals surface area contributed by atoms with Crippen molar-refractivity contribution < 1.29 is 9.13 Å². The molecule has 0 saturated carbocycles. The predicted octanol–water partition coefficient (Wildman–Crippen LogP) is 4.44. The van der Waals surface area contributed by atoms with Gasteiger partial charge in [-0.1, -0.05) is 25.1 Å². The van der Waals surface area contributed by atoms with Gasteiger partial charge in [0.2, 0.25) is 0 Å². The molecule has 0 N–H and O–H groups in total. The Morgan fingerprint density at radius 2 is 2.17 bits per heavy atom. The number of thiophene rings is 1. The van der Waals surface area contributed by atoms with E-state index < -0.39 is 0 Å². The van der Waals surface area contributed by atoms with E-state index in [-0.39, 0.29) is 23.5 Å². The van der Waals surface area contributed by atoms with Crippen LogP contribution in [0.5, 0.6) is 0 Å². The van der Waals surface area contributed by atoms with Crippen molar-refractivity contribution >= 4 is 31.8 Å². The van der Waals surface area contributed by atoms with Crippen LogP contribution < -0.4 is 5.56 Å². The molecule has 0 bridgehead atoms. The summed E-state index contributed by atoms with van der Waals surface area (Å²) in [4.78, 5) is 23.2. The van der Waals surface area contributed by atoms with Crippen molar-refractivity contribution in [1.82, 2.24) is 14.5 Å². The summed E-state index contributed by atoms with van der Waals surface area (Å²) in [5, 5.41) is 0.877. The zero-order valence-corrected chi connectivity index (χ0v) is 17.1. The second kappa shape index (κ2) is 6.71. The lowest BCUT2D eigenvalue weighted by Crippen LogP contribution is -2.35. The third-order valence-electron chi connectivity index (χ3n) is 5.77. The molecule has 29 heavy (non-hydrogen) atoms. The summed E-state index contributed by atoms with van der Waals surface area (Å²) in [5.41, 5.74) is 2.83. The number of nitrogens with zero attached hydrogens (tertiary/aromatic N) is 3. The number of hydrogen-bond acceptors (Lipinski definition) is 5. The quantitative estimate of drug-likeness (QED) is 0.502. The zero-order valence-electron chi connectivity index (χ0n) is 16.2. The van der Waals surface area contributed by atoms with Gasteiger partial charge in [0.1, 0.15) is 15.3 Å². The van der Waals surface area contributed by atoms with E-state index in [1.165, 1.54) is 28.3 Å². The summed E-state index contributed by atoms with van der Waals surface area (Å²) in [7, 11) is 0. The first kappa shape index (κ1) is 18.4. The average molecular weight is 409 g/mol. The summed E-state index contributed by atoms with van der Waals surface area (Å²) >= 11 is 1.36. The van der Waals surface area contributed by atoms with E-state index in [2.05, 4.69) is 24.9 Å². The molecule has 0 spiro atoms. The predicted molar refractivity (Wildman–Crippen MR) is 112 cm³/mol. The highest BCUT2D eigenvalue weighted by molar-refractivity contribution is 7.25. The van der Waals surface area contributed by atoms with Crippen LogP contribution in [0.2, 0.25) is 0 Å². The Labute approximate surface area is 170 Å². The number of rotatable bonds is 3. The van der Waals surface area contributed by atoms with Gasteiger partial charge in [0.25, 0.3) is 5.56 Å². The molecule has 5 nitrogen and oxygen atoms in total. The van der Waals surface area contributed by atoms with E-state index >= 15 is 0 Å². The van der Waals surface area contributed by atoms with Crippen LogP contribution in [0.3, 0.4) is 0 Å². The number of benzene rings is 1. The molecule has 7 heteroatoms. The van der Waals surface area contributed by atoms with E-state index in [4.69, 9.17) is 9.72 Å². The Balaban J connectivity index is 1.62. The lowest BCUT2D eigenvalue weighted by atomic mass is 9.91. The van der Waals surface area contributed by atoms with Gasteiger partial charge >= 0.3 is 0 Å². The summed E-state index contributed by atoms with van der Waals surface area (Å²) in [5.74, 6) is -0.329. The minimum Gasteiger partial charge on any atom is -0.370 e. The van der Waals surface area contributed by atoms with Gasteiger partial charge in [-0.3, -0.25) is 9.36 Å². The summed E-state index contributed by atoms with van der Waals surface area (Å²) in [6.07, 6.45) is 3.17. The first-order valence-electron chi connectivity index (χ1n) is 9.65. The van der Waals surface area contributed by atoms with Crippen LogP contribution >= 0.6 is 11.3 Å². The van der Waals surface area contributed by atoms with Crippen LogP contribution in [-0.2, 0) is 24.3 Å². The largest absolute Gasteiger partial charge is 0.370 e. The molecule has 0 amide bonds. The van der Waals surface area contributed by atoms with Gasteiger partial charge in [0, 0.05) is 22.9 Å². The molecule has 0 aliphatic carbocycles. The number of pyridine rings is 1. The zero-order chi connectivity index (χ0) is 20.2. The molecule has 0 unspecified atom stereocenters. The summed E-state index contributed by atoms with van der Waals surface area (Å²) in [6, 6.07) is 8.52. The molecule has 3 aromatic heterocycles. The Hall–Kier alpha value is -2.64. The molecule has 0 radical (unpaired) electrons. The minimum absolute atomic E-state index is 0.148. The van der Waals surface area contributed by atoms with E-state index in [1.807, 2.05) is 0 Å². The maximum Gasteiger partial charge on any atom is 0.271 e. The number of fused-ring (bicyclic) bond motifs is 4. The minimum atomic E-state index is -0.329. The topological polar surface area (TPSA) is 57.0 Å². The summed E-state index contributed by atoms with van der Waals surface area (Å²) < 4.78 is 22.0. The third-order valence-corrected chi connectivity index (χ3v) is 6.85. The second-order valence-corrected chi connectivity index (χ2v) is 8.76. The highest BCUT2D eigenvalue weighted by atomic mass is 32.1. The van der Waals surface area contributed by atoms with Gasteiger partial charge in [0.15, 0.2) is 0 Å². The lowest BCUT2D eigenvalue weighted by Gasteiger charge is -2.33. The molecular formula is C22H20FN3O2S. The van der Waals surface area contributed by atoms with Gasteiger partial charge in [-0.05, 0) is 25.5 Å². The van der Waals surface area contributed by atoms with Crippen molar-refractivity contribution in [1.29, 1.82) is 0 Å². The number of hydrogen-bond donors (Lipinski definition) is 0. The molecule has 1 aliphatic rings. The molecule has 1 aliphatic heterocycles. The smallest absolute Gasteiger partial charge is 0.271 e. The SMILES string of the molecule is CC[C@@]1(C)Cc2nc3sc4c(=O)n(Cc5ccccc5F)cnc4c3cc2CO1. The molecular weight excluding hydrogens is 389 g/mol. The second-order valence-electron chi connectivity index (χ2n) is 7.76. The molecule has 5 rings (SSSR count). The maximum atomic E-state index is 14.0. The number of ether oxygens (including phenoxy) is 1. The van der Waals surface area contributed by atoms with E-state index in [1.54, 1.807) is 18.2 Å². The number of aromatic nitrogens is 3. The Bertz CT molecular complexity index is 1310. The third kappa shape index (κ3) is 3.05. The van der Waals surface area contributed by atoms with Crippen LogP contribution in [0.1, 0.15) is 37.1 Å². The highest BCUT2D eigenvalue weighted by Crippen LogP contribution is 2.35. The Morgan fingerprint density at radius 3 is 2.97 bits per heavy atom. The molecule has 4 aromatic rings. The molecule has 1 aromatic carbocycles. The van der Waals surface area contributed by atoms with Crippen LogP contribution in [0.4, 0.5) is 4.39 Å². The van der Waals surface area contributed by atoms with Gasteiger partial charge in [-0.15, -0.1) is 11.3 Å². The van der Waals surface area contributed by atoms with Crippen LogP contribution in [0.15, 0.2) is 41.5 Å². The summed E-state index contributed by atoms with van der Waals surface area (Å²) in [6.45, 7) is 4.89. The van der Waals surface area contributed by atoms with E-state index in [9.17, 15) is 9.18 Å². The molecule has 1 atom stereocenters. The van der Waals surface area contributed by atoms with Gasteiger partial charge < -0.3 is 4.74 Å². The van der Waals surface area contributed by atoms with Crippen molar-refractivity contribution in [2.45, 2.75) is 45.4 Å². The fourth-order valence-electron chi connectivity index (χ4n) is 3.76. The Morgan fingerprint density at radius 1 is 1.34 bits per heavy atom. The monoisotopic (exact) mass is 409 g/mol. The molecule has 0 saturated heterocycles. The Kier molecular flexibility index (Phi) is 4.26. The molecule has 148 valence electrons. The lowest BCUT2D eigenvalue weighted by molar-refractivity contribution is -0.0573. The maximum absolute atomic E-state index is 14.0. The molecule has 4 heterocycles. The van der Waals surface area contributed by atoms with Gasteiger partial charge in [-0.2, -0.15) is 0 Å².